The van der Waals surface area contributed by atoms with E-state index in [1.807, 2.05) is 0 Å². The number of fused-ring (bicyclic) bond motifs is 1. The largest absolute Gasteiger partial charge is 0.395 e. The highest BCUT2D eigenvalue weighted by Gasteiger charge is 2.28. The van der Waals surface area contributed by atoms with Gasteiger partial charge in [0.15, 0.2) is 11.0 Å². The van der Waals surface area contributed by atoms with Crippen molar-refractivity contribution in [3.8, 4) is 0 Å². The second-order valence-electron chi connectivity index (χ2n) is 5.12. The molecule has 2 heterocycles. The lowest BCUT2D eigenvalue weighted by Crippen LogP contribution is -2.31. The number of nitrogens with zero attached hydrogens (tertiary/aromatic N) is 2. The Morgan fingerprint density at radius 1 is 1.55 bits per heavy atom. The van der Waals surface area contributed by atoms with E-state index in [4.69, 9.17) is 16.7 Å². The second-order valence-corrected chi connectivity index (χ2v) is 5.48. The third-order valence-electron chi connectivity index (χ3n) is 3.50. The SMILES string of the molecule is O=C(NCCO)c1cn(C2CC2)c2nc(Cl)c(F)cc2c1=O. The molecule has 1 amide bonds. The molecule has 0 aliphatic heterocycles. The number of halogens is 2. The van der Waals surface area contributed by atoms with Crippen LogP contribution in [0.1, 0.15) is 29.2 Å². The lowest BCUT2D eigenvalue weighted by molar-refractivity contribution is 0.0943. The predicted molar refractivity (Wildman–Crippen MR) is 78.7 cm³/mol. The van der Waals surface area contributed by atoms with Crippen molar-refractivity contribution in [3.63, 3.8) is 0 Å². The van der Waals surface area contributed by atoms with E-state index in [-0.39, 0.29) is 40.9 Å². The van der Waals surface area contributed by atoms with Crippen LogP contribution in [0.2, 0.25) is 5.15 Å². The second kappa shape index (κ2) is 5.66. The van der Waals surface area contributed by atoms with Crippen LogP contribution in [0.3, 0.4) is 0 Å². The molecule has 0 spiro atoms. The molecule has 2 N–H and O–H groups in total. The van der Waals surface area contributed by atoms with Gasteiger partial charge in [0.25, 0.3) is 5.91 Å². The molecular weight excluding hydrogens is 313 g/mol. The van der Waals surface area contributed by atoms with Gasteiger partial charge in [-0.15, -0.1) is 0 Å². The van der Waals surface area contributed by atoms with Gasteiger partial charge in [0.2, 0.25) is 5.43 Å². The van der Waals surface area contributed by atoms with Crippen molar-refractivity contribution in [2.24, 2.45) is 0 Å². The smallest absolute Gasteiger partial charge is 0.256 e. The normalized spacial score (nSPS) is 14.3. The predicted octanol–water partition coefficient (Wildman–Crippen LogP) is 1.25. The van der Waals surface area contributed by atoms with Crippen LogP contribution >= 0.6 is 11.6 Å². The van der Waals surface area contributed by atoms with Crippen LogP contribution in [-0.2, 0) is 0 Å². The van der Waals surface area contributed by atoms with E-state index in [9.17, 15) is 14.0 Å². The van der Waals surface area contributed by atoms with E-state index in [2.05, 4.69) is 10.3 Å². The summed E-state index contributed by atoms with van der Waals surface area (Å²) in [6, 6.07) is 1.14. The molecule has 1 aliphatic rings. The Labute approximate surface area is 129 Å². The van der Waals surface area contributed by atoms with E-state index in [1.165, 1.54) is 6.20 Å². The number of carbonyl (C=O) groups excluding carboxylic acids is 1. The average molecular weight is 326 g/mol. The maximum atomic E-state index is 13.6. The summed E-state index contributed by atoms with van der Waals surface area (Å²) in [5.41, 5.74) is -0.431. The minimum Gasteiger partial charge on any atom is -0.395 e. The molecule has 1 aliphatic carbocycles. The first-order chi connectivity index (χ1) is 10.5. The maximum absolute atomic E-state index is 13.6. The summed E-state index contributed by atoms with van der Waals surface area (Å²) in [4.78, 5) is 28.4. The number of aromatic nitrogens is 2. The highest BCUT2D eigenvalue weighted by Crippen LogP contribution is 2.36. The number of carbonyl (C=O) groups is 1. The lowest BCUT2D eigenvalue weighted by atomic mass is 10.1. The first kappa shape index (κ1) is 14.9. The van der Waals surface area contributed by atoms with Gasteiger partial charge in [-0.3, -0.25) is 9.59 Å². The molecule has 0 bridgehead atoms. The van der Waals surface area contributed by atoms with E-state index in [0.717, 1.165) is 18.9 Å². The summed E-state index contributed by atoms with van der Waals surface area (Å²) in [5, 5.41) is 10.9. The summed E-state index contributed by atoms with van der Waals surface area (Å²) >= 11 is 5.70. The summed E-state index contributed by atoms with van der Waals surface area (Å²) in [7, 11) is 0. The van der Waals surface area contributed by atoms with Crippen LogP contribution in [0.25, 0.3) is 11.0 Å². The van der Waals surface area contributed by atoms with E-state index in [1.54, 1.807) is 4.57 Å². The minimum atomic E-state index is -0.804. The van der Waals surface area contributed by atoms with Gasteiger partial charge in [0, 0.05) is 18.8 Å². The van der Waals surface area contributed by atoms with E-state index < -0.39 is 17.2 Å². The highest BCUT2D eigenvalue weighted by molar-refractivity contribution is 6.29. The molecule has 0 aromatic carbocycles. The van der Waals surface area contributed by atoms with Gasteiger partial charge in [0.1, 0.15) is 11.2 Å². The van der Waals surface area contributed by atoms with Crippen molar-refractivity contribution in [1.29, 1.82) is 0 Å². The van der Waals surface area contributed by atoms with Gasteiger partial charge in [-0.25, -0.2) is 9.37 Å². The van der Waals surface area contributed by atoms with Gasteiger partial charge in [-0.1, -0.05) is 11.6 Å². The number of rotatable bonds is 4. The van der Waals surface area contributed by atoms with Crippen molar-refractivity contribution in [2.75, 3.05) is 13.2 Å². The molecule has 116 valence electrons. The summed E-state index contributed by atoms with van der Waals surface area (Å²) in [5.74, 6) is -1.41. The lowest BCUT2D eigenvalue weighted by Gasteiger charge is -2.12. The highest BCUT2D eigenvalue weighted by atomic mass is 35.5. The Balaban J connectivity index is 2.22. The summed E-state index contributed by atoms with van der Waals surface area (Å²) < 4.78 is 15.3. The summed E-state index contributed by atoms with van der Waals surface area (Å²) in [6.07, 6.45) is 3.22. The Kier molecular flexibility index (Phi) is 3.84. The number of aliphatic hydroxyl groups is 1. The fraction of sp³-hybridized carbons (Fsp3) is 0.357. The number of hydrogen-bond acceptors (Lipinski definition) is 4. The Hall–Kier alpha value is -1.99. The zero-order valence-corrected chi connectivity index (χ0v) is 12.2. The van der Waals surface area contributed by atoms with Crippen LogP contribution < -0.4 is 10.7 Å². The fourth-order valence-corrected chi connectivity index (χ4v) is 2.42. The maximum Gasteiger partial charge on any atom is 0.256 e. The molecule has 8 heteroatoms. The van der Waals surface area contributed by atoms with Crippen LogP contribution in [-0.4, -0.2) is 33.7 Å². The molecule has 6 nitrogen and oxygen atoms in total. The third-order valence-corrected chi connectivity index (χ3v) is 3.76. The van der Waals surface area contributed by atoms with Crippen LogP contribution in [0, 0.1) is 5.82 Å². The molecule has 0 atom stereocenters. The Morgan fingerprint density at radius 2 is 2.27 bits per heavy atom. The monoisotopic (exact) mass is 325 g/mol. The molecule has 2 aromatic rings. The minimum absolute atomic E-state index is 0.0189. The first-order valence-electron chi connectivity index (χ1n) is 6.83. The van der Waals surface area contributed by atoms with Gasteiger partial charge >= 0.3 is 0 Å². The van der Waals surface area contributed by atoms with Crippen molar-refractivity contribution < 1.29 is 14.3 Å². The number of nitrogens with one attached hydrogen (secondary N) is 1. The van der Waals surface area contributed by atoms with Crippen molar-refractivity contribution in [1.82, 2.24) is 14.9 Å². The van der Waals surface area contributed by atoms with E-state index in [0.29, 0.717) is 0 Å². The zero-order valence-electron chi connectivity index (χ0n) is 11.5. The van der Waals surface area contributed by atoms with Gasteiger partial charge < -0.3 is 15.0 Å². The fourth-order valence-electron chi connectivity index (χ4n) is 2.28. The van der Waals surface area contributed by atoms with Crippen LogP contribution in [0.5, 0.6) is 0 Å². The number of aliphatic hydroxyl groups excluding tert-OH is 1. The Morgan fingerprint density at radius 3 is 2.91 bits per heavy atom. The molecule has 3 rings (SSSR count). The van der Waals surface area contributed by atoms with Crippen LogP contribution in [0.15, 0.2) is 17.1 Å². The van der Waals surface area contributed by atoms with Gasteiger partial charge in [0.05, 0.1) is 12.0 Å². The molecular formula is C14H13ClFN3O3. The average Bonchev–Trinajstić information content (AvgIpc) is 3.32. The van der Waals surface area contributed by atoms with E-state index >= 15 is 0 Å². The third kappa shape index (κ3) is 2.57. The molecule has 0 radical (unpaired) electrons. The Bertz CT molecular complexity index is 817. The quantitative estimate of drug-likeness (QED) is 0.829. The number of amides is 1. The van der Waals surface area contributed by atoms with Crippen molar-refractivity contribution in [2.45, 2.75) is 18.9 Å². The number of pyridine rings is 2. The zero-order chi connectivity index (χ0) is 15.9. The molecule has 1 fully saturated rings. The van der Waals surface area contributed by atoms with Gasteiger partial charge in [-0.05, 0) is 18.9 Å². The molecule has 0 saturated heterocycles. The van der Waals surface area contributed by atoms with Crippen molar-refractivity contribution >= 4 is 28.5 Å². The standard InChI is InChI=1S/C14H13ClFN3O3/c15-12-10(16)5-8-11(21)9(14(22)17-3-4-20)6-19(7-1-2-7)13(8)18-12/h5-7,20H,1-4H2,(H,17,22). The summed E-state index contributed by atoms with van der Waals surface area (Å²) in [6.45, 7) is -0.200. The van der Waals surface area contributed by atoms with Crippen molar-refractivity contribution in [3.05, 3.63) is 39.0 Å². The number of hydrogen-bond donors (Lipinski definition) is 2. The molecule has 1 saturated carbocycles. The molecule has 22 heavy (non-hydrogen) atoms. The molecule has 0 unspecified atom stereocenters. The first-order valence-corrected chi connectivity index (χ1v) is 7.20. The van der Waals surface area contributed by atoms with Crippen LogP contribution in [0.4, 0.5) is 4.39 Å². The topological polar surface area (TPSA) is 84.2 Å². The molecule has 2 aromatic heterocycles. The van der Waals surface area contributed by atoms with Gasteiger partial charge in [-0.2, -0.15) is 0 Å².